The monoisotopic (exact) mass is 360 g/mol. The second-order valence-electron chi connectivity index (χ2n) is 5.82. The molecule has 1 aromatic heterocycles. The van der Waals surface area contributed by atoms with Crippen molar-refractivity contribution in [2.75, 3.05) is 7.11 Å². The molecule has 7 nitrogen and oxygen atoms in total. The summed E-state index contributed by atoms with van der Waals surface area (Å²) < 4.78 is 4.61. The number of rotatable bonds is 4. The van der Waals surface area contributed by atoms with Gasteiger partial charge in [-0.3, -0.25) is 9.59 Å². The molecule has 0 spiro atoms. The van der Waals surface area contributed by atoms with Crippen molar-refractivity contribution in [3.63, 3.8) is 0 Å². The first-order valence-electron chi connectivity index (χ1n) is 7.24. The van der Waals surface area contributed by atoms with Crippen LogP contribution in [0.5, 0.6) is 11.5 Å². The third kappa shape index (κ3) is 4.06. The van der Waals surface area contributed by atoms with Gasteiger partial charge in [-0.2, -0.15) is 0 Å². The number of carbonyl (C=O) groups excluding carboxylic acids is 2. The number of amides is 1. The first-order valence-corrected chi connectivity index (χ1v) is 7.62. The lowest BCUT2D eigenvalue weighted by Crippen LogP contribution is -2.56. The molecule has 1 aromatic carbocycles. The van der Waals surface area contributed by atoms with Gasteiger partial charge in [0.05, 0.1) is 12.4 Å². The van der Waals surface area contributed by atoms with E-state index in [9.17, 15) is 19.8 Å². The number of phenols is 1. The molecular formula is C15H15B2ClN2O5. The van der Waals surface area contributed by atoms with Crippen LogP contribution in [0, 0.1) is 0 Å². The molecule has 0 saturated heterocycles. The summed E-state index contributed by atoms with van der Waals surface area (Å²) in [7, 11) is 4.14. The van der Waals surface area contributed by atoms with Crippen molar-refractivity contribution in [3.05, 3.63) is 41.2 Å². The van der Waals surface area contributed by atoms with Crippen LogP contribution in [0.15, 0.2) is 30.5 Å². The van der Waals surface area contributed by atoms with Crippen LogP contribution >= 0.6 is 11.6 Å². The third-order valence-electron chi connectivity index (χ3n) is 3.47. The fraction of sp³-hybridized carbons (Fsp3) is 0.133. The van der Waals surface area contributed by atoms with E-state index in [4.69, 9.17) is 11.6 Å². The fourth-order valence-corrected chi connectivity index (χ4v) is 2.34. The molecule has 2 rings (SSSR count). The van der Waals surface area contributed by atoms with E-state index in [-0.39, 0.29) is 11.4 Å². The van der Waals surface area contributed by atoms with Crippen molar-refractivity contribution in [1.82, 2.24) is 10.3 Å². The van der Waals surface area contributed by atoms with Gasteiger partial charge in [0.15, 0.2) is 5.69 Å². The van der Waals surface area contributed by atoms with Gasteiger partial charge in [0.25, 0.3) is 5.91 Å². The van der Waals surface area contributed by atoms with Crippen molar-refractivity contribution >= 4 is 39.2 Å². The number of halogens is 1. The van der Waals surface area contributed by atoms with Crippen LogP contribution in [0.2, 0.25) is 5.02 Å². The smallest absolute Gasteiger partial charge is 0.313 e. The average Bonchev–Trinajstić information content (AvgIpc) is 2.55. The molecule has 0 aliphatic rings. The van der Waals surface area contributed by atoms with E-state index < -0.39 is 23.0 Å². The number of phenolic OH excluding ortho intramolecular Hbond substituents is 1. The van der Waals surface area contributed by atoms with Gasteiger partial charge >= 0.3 is 5.97 Å². The normalized spacial score (nSPS) is 11.0. The molecule has 0 aliphatic heterocycles. The predicted octanol–water partition coefficient (Wildman–Crippen LogP) is -0.364. The summed E-state index contributed by atoms with van der Waals surface area (Å²) in [6.07, 6.45) is 1.31. The highest BCUT2D eigenvalue weighted by molar-refractivity contribution is 6.51. The van der Waals surface area contributed by atoms with E-state index in [1.807, 2.05) is 0 Å². The highest BCUT2D eigenvalue weighted by Crippen LogP contribution is 2.33. The van der Waals surface area contributed by atoms with Crippen LogP contribution in [-0.2, 0) is 9.53 Å². The topological polar surface area (TPSA) is 109 Å². The Labute approximate surface area is 150 Å². The zero-order valence-electron chi connectivity index (χ0n) is 13.8. The molecule has 0 unspecified atom stereocenters. The Hall–Kier alpha value is -2.67. The first-order chi connectivity index (χ1) is 11.7. The first kappa shape index (κ1) is 18.7. The Morgan fingerprint density at radius 3 is 2.52 bits per heavy atom. The third-order valence-corrected chi connectivity index (χ3v) is 3.71. The molecule has 0 fully saturated rings. The molecule has 0 bridgehead atoms. The number of ether oxygens (including phenoxy) is 1. The van der Waals surface area contributed by atoms with Crippen molar-refractivity contribution in [2.45, 2.75) is 5.34 Å². The van der Waals surface area contributed by atoms with E-state index in [2.05, 4.69) is 15.0 Å². The van der Waals surface area contributed by atoms with Gasteiger partial charge < -0.3 is 20.3 Å². The molecule has 1 heterocycles. The van der Waals surface area contributed by atoms with Crippen LogP contribution in [0.1, 0.15) is 10.5 Å². The van der Waals surface area contributed by atoms with Crippen molar-refractivity contribution in [1.29, 1.82) is 0 Å². The zero-order valence-corrected chi connectivity index (χ0v) is 14.6. The zero-order chi connectivity index (χ0) is 18.8. The Morgan fingerprint density at radius 1 is 1.24 bits per heavy atom. The van der Waals surface area contributed by atoms with E-state index >= 15 is 0 Å². The minimum atomic E-state index is -1.29. The minimum absolute atomic E-state index is 0.0466. The van der Waals surface area contributed by atoms with Crippen LogP contribution in [0.3, 0.4) is 0 Å². The molecule has 0 atom stereocenters. The second-order valence-corrected chi connectivity index (χ2v) is 6.26. The number of aromatic hydroxyl groups is 2. The number of hydrogen-bond donors (Lipinski definition) is 3. The van der Waals surface area contributed by atoms with Gasteiger partial charge in [-0.05, 0) is 24.3 Å². The number of hydrogen-bond acceptors (Lipinski definition) is 6. The number of benzene rings is 1. The molecular weight excluding hydrogens is 345 g/mol. The van der Waals surface area contributed by atoms with Crippen molar-refractivity contribution in [3.8, 4) is 22.6 Å². The molecule has 10 heteroatoms. The fourth-order valence-electron chi connectivity index (χ4n) is 2.16. The average molecular weight is 360 g/mol. The van der Waals surface area contributed by atoms with Crippen LogP contribution in [0.4, 0.5) is 0 Å². The Bertz CT molecular complexity index is 845. The van der Waals surface area contributed by atoms with Crippen LogP contribution in [0.25, 0.3) is 11.1 Å². The number of nitrogens with one attached hydrogen (secondary N) is 1. The molecule has 1 amide bonds. The summed E-state index contributed by atoms with van der Waals surface area (Å²) in [5.74, 6) is -1.83. The lowest BCUT2D eigenvalue weighted by Gasteiger charge is -2.23. The van der Waals surface area contributed by atoms with Gasteiger partial charge in [0.2, 0.25) is 0 Å². The number of methoxy groups -OCH3 is 1. The summed E-state index contributed by atoms with van der Waals surface area (Å²) >= 11 is 5.90. The number of esters is 1. The summed E-state index contributed by atoms with van der Waals surface area (Å²) in [6.45, 7) is 0. The van der Waals surface area contributed by atoms with E-state index in [0.29, 0.717) is 16.1 Å². The quantitative estimate of drug-likeness (QED) is 0.507. The van der Waals surface area contributed by atoms with Crippen molar-refractivity contribution in [2.24, 2.45) is 0 Å². The Balaban J connectivity index is 2.32. The van der Waals surface area contributed by atoms with Crippen molar-refractivity contribution < 1.29 is 24.5 Å². The molecule has 0 saturated carbocycles. The van der Waals surface area contributed by atoms with Gasteiger partial charge in [-0.1, -0.05) is 11.6 Å². The molecule has 128 valence electrons. The Kier molecular flexibility index (Phi) is 5.27. The minimum Gasteiger partial charge on any atom is -0.507 e. The highest BCUT2D eigenvalue weighted by Gasteiger charge is 2.31. The van der Waals surface area contributed by atoms with Gasteiger partial charge in [-0.25, -0.2) is 4.98 Å². The lowest BCUT2D eigenvalue weighted by molar-refractivity contribution is -0.142. The van der Waals surface area contributed by atoms with Crippen LogP contribution in [-0.4, -0.2) is 55.2 Å². The molecule has 0 radical (unpaired) electrons. The summed E-state index contributed by atoms with van der Waals surface area (Å²) in [4.78, 5) is 27.8. The number of aromatic nitrogens is 1. The SMILES string of the molecule is BC(B)(NC(=O)c1ncc(-c2cc(Cl)ccc2O)cc1O)C(=O)OC. The molecule has 25 heavy (non-hydrogen) atoms. The second kappa shape index (κ2) is 7.06. The maximum Gasteiger partial charge on any atom is 0.313 e. The molecule has 2 aromatic rings. The predicted molar refractivity (Wildman–Crippen MR) is 97.3 cm³/mol. The standard InChI is InChI=1S/C15H15B2ClN2O5/c1-25-14(24)15(16,17)20-13(23)12-11(22)4-7(6-19-12)9-5-8(18)2-3-10(9)21/h2-6,21-22H,16-17H2,1H3,(H,20,23). The largest absolute Gasteiger partial charge is 0.507 e. The maximum atomic E-state index is 12.3. The number of pyridine rings is 1. The van der Waals surface area contributed by atoms with E-state index in [1.165, 1.54) is 53.3 Å². The number of carbonyl (C=O) groups is 2. The van der Waals surface area contributed by atoms with Gasteiger partial charge in [0.1, 0.15) is 27.2 Å². The van der Waals surface area contributed by atoms with Crippen LogP contribution < -0.4 is 5.32 Å². The van der Waals surface area contributed by atoms with Gasteiger partial charge in [0, 0.05) is 22.3 Å². The highest BCUT2D eigenvalue weighted by atomic mass is 35.5. The lowest BCUT2D eigenvalue weighted by atomic mass is 9.62. The molecule has 0 aliphatic carbocycles. The maximum absolute atomic E-state index is 12.3. The molecule has 3 N–H and O–H groups in total. The van der Waals surface area contributed by atoms with E-state index in [0.717, 1.165) is 0 Å². The van der Waals surface area contributed by atoms with E-state index in [1.54, 1.807) is 0 Å². The summed E-state index contributed by atoms with van der Waals surface area (Å²) in [5.41, 5.74) is 0.473. The summed E-state index contributed by atoms with van der Waals surface area (Å²) in [5, 5.41) is 21.6. The Morgan fingerprint density at radius 2 is 1.92 bits per heavy atom. The number of nitrogens with zero attached hydrogens (tertiary/aromatic N) is 1. The summed E-state index contributed by atoms with van der Waals surface area (Å²) in [6, 6.07) is 5.71. The van der Waals surface area contributed by atoms with Gasteiger partial charge in [-0.15, -0.1) is 0 Å².